The van der Waals surface area contributed by atoms with Gasteiger partial charge in [0, 0.05) is 97.9 Å². The fourth-order valence-electron chi connectivity index (χ4n) is 9.82. The zero-order valence-electron chi connectivity index (χ0n) is 42.0. The fourth-order valence-corrected chi connectivity index (χ4v) is 9.82. The zero-order valence-corrected chi connectivity index (χ0v) is 46.6. The first-order valence-electron chi connectivity index (χ1n) is 25.1. The Morgan fingerprint density at radius 1 is 0.429 bits per heavy atom. The Balaban J connectivity index is 0.000000187. The maximum absolute atomic E-state index is 6.01. The van der Waals surface area contributed by atoms with Gasteiger partial charge in [0.05, 0.1) is 0 Å². The van der Waals surface area contributed by atoms with Gasteiger partial charge in [-0.15, -0.1) is 58.8 Å². The molecular weight excluding hydrogens is 1310 g/mol. The molecule has 0 aliphatic carbocycles. The molecule has 0 saturated heterocycles. The van der Waals surface area contributed by atoms with E-state index in [4.69, 9.17) is 4.74 Å². The molecule has 2 aromatic heterocycles. The van der Waals surface area contributed by atoms with Gasteiger partial charge in [-0.2, -0.15) is 98.9 Å². The van der Waals surface area contributed by atoms with E-state index < -0.39 is 0 Å². The molecule has 0 spiro atoms. The third-order valence-corrected chi connectivity index (χ3v) is 13.3. The van der Waals surface area contributed by atoms with Gasteiger partial charge < -0.3 is 44.1 Å². The molecule has 3 aliphatic rings. The molecule has 387 valence electrons. The molecule has 0 atom stereocenters. The molecule has 11 heteroatoms. The summed E-state index contributed by atoms with van der Waals surface area (Å²) in [5.74, 6) is 1.15. The van der Waals surface area contributed by atoms with Crippen LogP contribution in [0.1, 0.15) is 12.8 Å². The monoisotopic (exact) mass is 1360 g/mol. The molecule has 5 heterocycles. The van der Waals surface area contributed by atoms with Crippen molar-refractivity contribution in [1.82, 2.24) is 9.97 Å². The van der Waals surface area contributed by atoms with Gasteiger partial charge in [-0.05, 0) is 80.8 Å². The fraction of sp³-hybridized carbons (Fsp3) is 0.0758. The summed E-state index contributed by atoms with van der Waals surface area (Å²) in [6, 6.07) is 86.9. The van der Waals surface area contributed by atoms with Crippen molar-refractivity contribution in [3.63, 3.8) is 0 Å². The van der Waals surface area contributed by atoms with Crippen LogP contribution < -0.4 is 34.1 Å². The minimum atomic E-state index is 0. The topological polar surface area (TPSA) is 54.5 Å². The molecule has 0 unspecified atom stereocenters. The third-order valence-electron chi connectivity index (χ3n) is 13.3. The standard InChI is InChI=1S/C42H34N4.C24H16N4O.Ir.Pt/c1-5-17-33(18-6-1)37-25-15-27-39-41(37)45(35-21-9-3-10-22-35)31-43(39)29-13-14-30-44-32-46(36-23-11-4-12-24-36)42-38(26-16-28-40(42)44)34-19-7-2-8-20-34;1-27-17-28(24-11-3-2-10-23(24)27)18-7-6-8-19(15-18)29-20-12-14-26-22(16-20)21-9-4-5-13-25-21;;/h1-12,15-21,23,25-28,31-32H,13-14,29-30H2;2-8,10-14,17H,1H3;;/q2*-4;;. The maximum atomic E-state index is 6.01. The molecule has 9 nitrogen and oxygen atoms in total. The van der Waals surface area contributed by atoms with E-state index in [0.717, 1.165) is 54.4 Å². The molecule has 13 rings (SSSR count). The number of hydrogen-bond donors (Lipinski definition) is 0. The Morgan fingerprint density at radius 2 is 0.935 bits per heavy atom. The number of ether oxygens (including phenoxy) is 1. The van der Waals surface area contributed by atoms with E-state index in [2.05, 4.69) is 216 Å². The number of para-hydroxylation sites is 6. The molecule has 0 amide bonds. The van der Waals surface area contributed by atoms with Crippen molar-refractivity contribution in [3.05, 3.63) is 269 Å². The van der Waals surface area contributed by atoms with Crippen LogP contribution in [0.5, 0.6) is 11.5 Å². The van der Waals surface area contributed by atoms with Gasteiger partial charge in [0.1, 0.15) is 0 Å². The van der Waals surface area contributed by atoms with Crippen molar-refractivity contribution < 1.29 is 45.9 Å². The van der Waals surface area contributed by atoms with Crippen LogP contribution in [0.3, 0.4) is 0 Å². The van der Waals surface area contributed by atoms with Crippen LogP contribution in [0.25, 0.3) is 33.6 Å². The number of fused-ring (bicyclic) bond motifs is 3. The first-order valence-corrected chi connectivity index (χ1v) is 25.1. The van der Waals surface area contributed by atoms with Gasteiger partial charge in [0.2, 0.25) is 0 Å². The summed E-state index contributed by atoms with van der Waals surface area (Å²) in [7, 11) is 2.03. The van der Waals surface area contributed by atoms with E-state index in [1.54, 1.807) is 24.5 Å². The van der Waals surface area contributed by atoms with E-state index >= 15 is 0 Å². The minimum Gasteiger partial charge on any atom is -0.510 e. The average Bonchev–Trinajstić information content (AvgIpc) is 4.22. The summed E-state index contributed by atoms with van der Waals surface area (Å²) < 4.78 is 6.01. The molecule has 3 aliphatic heterocycles. The van der Waals surface area contributed by atoms with Crippen LogP contribution in [0.15, 0.2) is 219 Å². The Hall–Kier alpha value is -8.00. The van der Waals surface area contributed by atoms with Gasteiger partial charge in [-0.3, -0.25) is 0 Å². The van der Waals surface area contributed by atoms with Crippen molar-refractivity contribution in [2.45, 2.75) is 12.8 Å². The molecule has 0 saturated carbocycles. The van der Waals surface area contributed by atoms with Crippen molar-refractivity contribution in [2.75, 3.05) is 49.5 Å². The first-order chi connectivity index (χ1) is 37.1. The van der Waals surface area contributed by atoms with Gasteiger partial charge in [0.15, 0.2) is 0 Å². The number of anilines is 9. The van der Waals surface area contributed by atoms with Crippen LogP contribution in [0.4, 0.5) is 51.2 Å². The Morgan fingerprint density at radius 3 is 1.51 bits per heavy atom. The van der Waals surface area contributed by atoms with E-state index in [1.165, 1.54) is 45.0 Å². The predicted octanol–water partition coefficient (Wildman–Crippen LogP) is 15.3. The van der Waals surface area contributed by atoms with Crippen LogP contribution >= 0.6 is 0 Å². The molecule has 0 bridgehead atoms. The molecule has 8 aromatic carbocycles. The van der Waals surface area contributed by atoms with Crippen molar-refractivity contribution in [3.8, 4) is 45.1 Å². The summed E-state index contributed by atoms with van der Waals surface area (Å²) in [6.45, 7) is 8.39. The normalized spacial score (nSPS) is 12.9. The second-order valence-electron chi connectivity index (χ2n) is 18.1. The quantitative estimate of drug-likeness (QED) is 0.0830. The Bertz CT molecular complexity index is 3380. The smallest absolute Gasteiger partial charge is 0.0406 e. The Kier molecular flexibility index (Phi) is 16.6. The number of nitrogens with zero attached hydrogens (tertiary/aromatic N) is 8. The molecular formula is C66H50IrN8OPt-8. The summed E-state index contributed by atoms with van der Waals surface area (Å²) in [4.78, 5) is 22.1. The summed E-state index contributed by atoms with van der Waals surface area (Å²) in [5.41, 5.74) is 16.2. The van der Waals surface area contributed by atoms with Crippen LogP contribution in [0.2, 0.25) is 0 Å². The van der Waals surface area contributed by atoms with Crippen LogP contribution in [-0.2, 0) is 41.2 Å². The molecule has 0 fully saturated rings. The molecule has 0 N–H and O–H groups in total. The summed E-state index contributed by atoms with van der Waals surface area (Å²) in [5, 5.41) is 0. The SMILES string of the molecule is CN1[CH-]N(c2[c-]c(Oc3[c-]c(-c4[c-]cccn4)ncc3)ccc2)c2ccccc21.[Ir].[Pt].[c-]1ccccc1N1[CH-]N(CCCCN2[CH-]N(c3[c-]cccc3)c3c(-c4ccccc4)cccc32)c2cccc(-c3ccccc3)c21. The Labute approximate surface area is 480 Å². The largest absolute Gasteiger partial charge is 0.510 e. The molecule has 10 aromatic rings. The van der Waals surface area contributed by atoms with Gasteiger partial charge >= 0.3 is 0 Å². The second-order valence-corrected chi connectivity index (χ2v) is 18.1. The van der Waals surface area contributed by atoms with Crippen LogP contribution in [-0.4, -0.2) is 30.1 Å². The van der Waals surface area contributed by atoms with Gasteiger partial charge in [0.25, 0.3) is 0 Å². The molecule has 77 heavy (non-hydrogen) atoms. The van der Waals surface area contributed by atoms with E-state index in [-0.39, 0.29) is 41.2 Å². The first kappa shape index (κ1) is 52.4. The number of benzene rings is 8. The minimum absolute atomic E-state index is 0. The number of aromatic nitrogens is 2. The van der Waals surface area contributed by atoms with Crippen molar-refractivity contribution in [2.24, 2.45) is 0 Å². The van der Waals surface area contributed by atoms with E-state index in [0.29, 0.717) is 22.9 Å². The third kappa shape index (κ3) is 11.3. The maximum Gasteiger partial charge on any atom is 0.0406 e. The van der Waals surface area contributed by atoms with E-state index in [1.807, 2.05) is 74.4 Å². The number of hydrogen-bond acceptors (Lipinski definition) is 9. The number of rotatable bonds is 13. The second kappa shape index (κ2) is 24.3. The van der Waals surface area contributed by atoms with Crippen LogP contribution in [0, 0.1) is 50.3 Å². The van der Waals surface area contributed by atoms with Crippen molar-refractivity contribution in [1.29, 1.82) is 0 Å². The summed E-state index contributed by atoms with van der Waals surface area (Å²) >= 11 is 0. The molecule has 1 radical (unpaired) electrons. The number of unbranched alkanes of at least 4 members (excludes halogenated alkanes) is 1. The van der Waals surface area contributed by atoms with Gasteiger partial charge in [-0.25, -0.2) is 6.07 Å². The van der Waals surface area contributed by atoms with Gasteiger partial charge in [-0.1, -0.05) is 97.1 Å². The average molecular weight is 1360 g/mol. The number of pyridine rings is 2. The zero-order chi connectivity index (χ0) is 50.3. The summed E-state index contributed by atoms with van der Waals surface area (Å²) in [6.07, 6.45) is 5.47. The van der Waals surface area contributed by atoms with E-state index in [9.17, 15) is 0 Å². The van der Waals surface area contributed by atoms with Crippen molar-refractivity contribution >= 4 is 51.2 Å². The predicted molar refractivity (Wildman–Crippen MR) is 303 cm³/mol.